The number of rotatable bonds is 7. The van der Waals surface area contributed by atoms with Crippen molar-refractivity contribution >= 4 is 29.6 Å². The first-order chi connectivity index (χ1) is 13.3. The highest BCUT2D eigenvalue weighted by molar-refractivity contribution is 5.94. The molecule has 0 aromatic rings. The summed E-state index contributed by atoms with van der Waals surface area (Å²) in [5.41, 5.74) is 5.35. The maximum absolute atomic E-state index is 12.4. The van der Waals surface area contributed by atoms with Crippen molar-refractivity contribution in [2.75, 3.05) is 26.2 Å². The average Bonchev–Trinajstić information content (AvgIpc) is 3.34. The molecule has 0 aromatic heterocycles. The van der Waals surface area contributed by atoms with Crippen LogP contribution in [0.15, 0.2) is 0 Å². The molecule has 2 fully saturated rings. The topological polar surface area (TPSA) is 162 Å². The minimum atomic E-state index is -1.06. The number of carboxylic acids is 1. The highest BCUT2D eigenvalue weighted by Gasteiger charge is 2.35. The molecule has 0 aliphatic carbocycles. The maximum atomic E-state index is 12.4. The minimum Gasteiger partial charge on any atom is -0.480 e. The van der Waals surface area contributed by atoms with Crippen molar-refractivity contribution in [3.63, 3.8) is 0 Å². The smallest absolute Gasteiger partial charge is 0.326 e. The minimum absolute atomic E-state index is 0.185. The van der Waals surface area contributed by atoms with Crippen molar-refractivity contribution in [2.45, 2.75) is 50.7 Å². The number of nitrogens with one attached hydrogen (secondary N) is 2. The van der Waals surface area contributed by atoms with E-state index in [-0.39, 0.29) is 19.0 Å². The number of hydrogen-bond donors (Lipinski definition) is 4. The average molecular weight is 397 g/mol. The summed E-state index contributed by atoms with van der Waals surface area (Å²) in [7, 11) is 0. The second-order valence-electron chi connectivity index (χ2n) is 6.98. The van der Waals surface area contributed by atoms with Gasteiger partial charge in [-0.3, -0.25) is 19.2 Å². The molecule has 0 saturated carbocycles. The first-order valence-electron chi connectivity index (χ1n) is 9.36. The first kappa shape index (κ1) is 21.6. The van der Waals surface area contributed by atoms with Crippen molar-refractivity contribution < 1.29 is 29.1 Å². The zero-order valence-corrected chi connectivity index (χ0v) is 15.8. The molecule has 2 aliphatic heterocycles. The van der Waals surface area contributed by atoms with Gasteiger partial charge in [-0.1, -0.05) is 0 Å². The summed E-state index contributed by atoms with van der Waals surface area (Å²) in [6.07, 6.45) is 2.17. The molecule has 2 saturated heterocycles. The maximum Gasteiger partial charge on any atom is 0.326 e. The van der Waals surface area contributed by atoms with E-state index in [9.17, 15) is 24.0 Å². The van der Waals surface area contributed by atoms with E-state index in [2.05, 4.69) is 10.6 Å². The van der Waals surface area contributed by atoms with Crippen molar-refractivity contribution in [3.05, 3.63) is 0 Å². The quantitative estimate of drug-likeness (QED) is 0.373. The summed E-state index contributed by atoms with van der Waals surface area (Å²) in [6.45, 7) is 1.73. The van der Waals surface area contributed by atoms with E-state index >= 15 is 0 Å². The van der Waals surface area contributed by atoms with Crippen LogP contribution in [0.3, 0.4) is 0 Å². The van der Waals surface area contributed by atoms with Crippen LogP contribution >= 0.6 is 0 Å². The van der Waals surface area contributed by atoms with E-state index in [1.807, 2.05) is 0 Å². The van der Waals surface area contributed by atoms with Gasteiger partial charge in [0, 0.05) is 13.1 Å². The molecule has 2 aliphatic rings. The lowest BCUT2D eigenvalue weighted by Gasteiger charge is -2.25. The van der Waals surface area contributed by atoms with Gasteiger partial charge in [0.15, 0.2) is 0 Å². The van der Waals surface area contributed by atoms with Crippen molar-refractivity contribution in [3.8, 4) is 0 Å². The van der Waals surface area contributed by atoms with Crippen LogP contribution in [0.1, 0.15) is 32.6 Å². The fourth-order valence-corrected chi connectivity index (χ4v) is 3.57. The molecular weight excluding hydrogens is 370 g/mol. The number of aliphatic carboxylic acids is 1. The first-order valence-corrected chi connectivity index (χ1v) is 9.36. The van der Waals surface area contributed by atoms with E-state index in [0.29, 0.717) is 38.8 Å². The van der Waals surface area contributed by atoms with E-state index in [1.54, 1.807) is 0 Å². The van der Waals surface area contributed by atoms with E-state index in [1.165, 1.54) is 16.7 Å². The lowest BCUT2D eigenvalue weighted by atomic mass is 10.2. The molecule has 4 amide bonds. The zero-order valence-electron chi connectivity index (χ0n) is 15.8. The van der Waals surface area contributed by atoms with Gasteiger partial charge >= 0.3 is 5.97 Å². The Morgan fingerprint density at radius 3 is 2.18 bits per heavy atom. The van der Waals surface area contributed by atoms with Gasteiger partial charge in [0.2, 0.25) is 23.6 Å². The molecule has 156 valence electrons. The van der Waals surface area contributed by atoms with Gasteiger partial charge in [0.1, 0.15) is 18.1 Å². The number of nitrogens with two attached hydrogens (primary N) is 1. The summed E-state index contributed by atoms with van der Waals surface area (Å²) < 4.78 is 0. The molecule has 2 heterocycles. The third kappa shape index (κ3) is 4.97. The Balaban J connectivity index is 1.82. The second-order valence-corrected chi connectivity index (χ2v) is 6.98. The van der Waals surface area contributed by atoms with Gasteiger partial charge in [0.05, 0.1) is 13.1 Å². The Bertz CT molecular complexity index is 654. The summed E-state index contributed by atoms with van der Waals surface area (Å²) in [5.74, 6) is -2.88. The summed E-state index contributed by atoms with van der Waals surface area (Å²) in [6, 6.07) is -2.44. The molecule has 0 radical (unpaired) electrons. The van der Waals surface area contributed by atoms with Gasteiger partial charge in [-0.05, 0) is 32.6 Å². The third-order valence-electron chi connectivity index (χ3n) is 5.07. The van der Waals surface area contributed by atoms with E-state index in [4.69, 9.17) is 10.8 Å². The highest BCUT2D eigenvalue weighted by atomic mass is 16.4. The molecule has 3 unspecified atom stereocenters. The standard InChI is InChI=1S/C17H27N5O6/c1-10(20-16(26)11-4-2-6-21(11)13(23)8-18)15(25)19-9-14(24)22-7-3-5-12(22)17(27)28/h10-12H,2-9,18H2,1H3,(H,19,25)(H,20,26)(H,27,28). The van der Waals surface area contributed by atoms with Crippen LogP contribution in [0.4, 0.5) is 0 Å². The molecule has 0 bridgehead atoms. The predicted molar refractivity (Wildman–Crippen MR) is 96.8 cm³/mol. The van der Waals surface area contributed by atoms with Crippen LogP contribution in [0.25, 0.3) is 0 Å². The molecule has 0 aromatic carbocycles. The number of carbonyl (C=O) groups excluding carboxylic acids is 4. The number of likely N-dealkylation sites (tertiary alicyclic amines) is 2. The highest BCUT2D eigenvalue weighted by Crippen LogP contribution is 2.18. The monoisotopic (exact) mass is 397 g/mol. The Labute approximate surface area is 162 Å². The van der Waals surface area contributed by atoms with Gasteiger partial charge in [0.25, 0.3) is 0 Å². The van der Waals surface area contributed by atoms with Crippen LogP contribution in [0.5, 0.6) is 0 Å². The molecule has 2 rings (SSSR count). The Morgan fingerprint density at radius 2 is 1.61 bits per heavy atom. The lowest BCUT2D eigenvalue weighted by molar-refractivity contribution is -0.148. The lowest BCUT2D eigenvalue weighted by Crippen LogP contribution is -2.54. The van der Waals surface area contributed by atoms with Gasteiger partial charge in [-0.15, -0.1) is 0 Å². The number of amides is 4. The summed E-state index contributed by atoms with van der Waals surface area (Å²) >= 11 is 0. The zero-order chi connectivity index (χ0) is 20.8. The summed E-state index contributed by atoms with van der Waals surface area (Å²) in [4.78, 5) is 62.3. The van der Waals surface area contributed by atoms with E-state index in [0.717, 1.165) is 0 Å². The van der Waals surface area contributed by atoms with E-state index < -0.39 is 41.8 Å². The van der Waals surface area contributed by atoms with Crippen molar-refractivity contribution in [1.82, 2.24) is 20.4 Å². The normalized spacial score (nSPS) is 22.6. The SMILES string of the molecule is CC(NC(=O)C1CCCN1C(=O)CN)C(=O)NCC(=O)N1CCCC1C(=O)O. The van der Waals surface area contributed by atoms with Crippen LogP contribution in [-0.2, 0) is 24.0 Å². The van der Waals surface area contributed by atoms with Gasteiger partial charge in [-0.2, -0.15) is 0 Å². The van der Waals surface area contributed by atoms with Crippen LogP contribution in [0.2, 0.25) is 0 Å². The predicted octanol–water partition coefficient (Wildman–Crippen LogP) is -2.37. The van der Waals surface area contributed by atoms with Crippen molar-refractivity contribution in [1.29, 1.82) is 0 Å². The fraction of sp³-hybridized carbons (Fsp3) is 0.706. The fourth-order valence-electron chi connectivity index (χ4n) is 3.57. The number of carbonyl (C=O) groups is 5. The number of nitrogens with zero attached hydrogens (tertiary/aromatic N) is 2. The molecule has 0 spiro atoms. The number of carboxylic acid groups (broad SMARTS) is 1. The van der Waals surface area contributed by atoms with Gasteiger partial charge in [-0.25, -0.2) is 4.79 Å². The largest absolute Gasteiger partial charge is 0.480 e. The molecule has 5 N–H and O–H groups in total. The molecule has 28 heavy (non-hydrogen) atoms. The third-order valence-corrected chi connectivity index (χ3v) is 5.07. The van der Waals surface area contributed by atoms with Crippen LogP contribution < -0.4 is 16.4 Å². The molecule has 11 heteroatoms. The molecule has 3 atom stereocenters. The molecule has 11 nitrogen and oxygen atoms in total. The Hall–Kier alpha value is -2.69. The van der Waals surface area contributed by atoms with Crippen molar-refractivity contribution in [2.24, 2.45) is 5.73 Å². The van der Waals surface area contributed by atoms with Crippen LogP contribution in [-0.4, -0.2) is 88.8 Å². The van der Waals surface area contributed by atoms with Gasteiger partial charge < -0.3 is 31.3 Å². The van der Waals surface area contributed by atoms with Crippen LogP contribution in [0, 0.1) is 0 Å². The summed E-state index contributed by atoms with van der Waals surface area (Å²) in [5, 5.41) is 14.1. The molecular formula is C17H27N5O6. The Morgan fingerprint density at radius 1 is 1.04 bits per heavy atom. The second kappa shape index (κ2) is 9.49. The number of hydrogen-bond acceptors (Lipinski definition) is 6. The Kier molecular flexibility index (Phi) is 7.32.